The van der Waals surface area contributed by atoms with Crippen LogP contribution in [0.15, 0.2) is 24.3 Å². The van der Waals surface area contributed by atoms with E-state index in [1.165, 1.54) is 11.1 Å². The van der Waals surface area contributed by atoms with Crippen molar-refractivity contribution in [1.29, 1.82) is 0 Å². The molecular weight excluding hydrogens is 218 g/mol. The predicted molar refractivity (Wildman–Crippen MR) is 81.1 cm³/mol. The van der Waals surface area contributed by atoms with E-state index in [0.717, 1.165) is 13.0 Å². The van der Waals surface area contributed by atoms with Crippen molar-refractivity contribution in [3.05, 3.63) is 35.4 Å². The van der Waals surface area contributed by atoms with Crippen LogP contribution >= 0.6 is 0 Å². The second-order valence-corrected chi connectivity index (χ2v) is 6.72. The number of hydrogen-bond acceptors (Lipinski definition) is 1. The first kappa shape index (κ1) is 15.2. The molecule has 1 heteroatoms. The largest absolute Gasteiger partial charge is 0.319 e. The molecule has 0 fully saturated rings. The lowest BCUT2D eigenvalue weighted by Gasteiger charge is -2.31. The monoisotopic (exact) mass is 247 g/mol. The van der Waals surface area contributed by atoms with Crippen LogP contribution in [0.25, 0.3) is 0 Å². The maximum absolute atomic E-state index is 3.32. The summed E-state index contributed by atoms with van der Waals surface area (Å²) in [5.41, 5.74) is 3.23. The Morgan fingerprint density at radius 2 is 1.61 bits per heavy atom. The van der Waals surface area contributed by atoms with Gasteiger partial charge in [-0.15, -0.1) is 0 Å². The third-order valence-electron chi connectivity index (χ3n) is 3.80. The highest BCUT2D eigenvalue weighted by molar-refractivity contribution is 5.25. The Labute approximate surface area is 113 Å². The van der Waals surface area contributed by atoms with Gasteiger partial charge in [0.2, 0.25) is 0 Å². The van der Waals surface area contributed by atoms with Crippen molar-refractivity contribution in [3.63, 3.8) is 0 Å². The van der Waals surface area contributed by atoms with Crippen LogP contribution in [-0.2, 0) is 6.42 Å². The van der Waals surface area contributed by atoms with Crippen molar-refractivity contribution in [2.24, 2.45) is 11.3 Å². The molecular formula is C17H29N. The molecule has 0 radical (unpaired) electrons. The van der Waals surface area contributed by atoms with Crippen LogP contribution in [0.1, 0.15) is 51.7 Å². The number of hydrogen-bond donors (Lipinski definition) is 1. The molecule has 1 atom stereocenters. The van der Waals surface area contributed by atoms with Gasteiger partial charge in [0.15, 0.2) is 0 Å². The molecule has 0 saturated carbocycles. The van der Waals surface area contributed by atoms with Crippen LogP contribution in [0.3, 0.4) is 0 Å². The van der Waals surface area contributed by atoms with E-state index in [4.69, 9.17) is 0 Å². The first-order valence-electron chi connectivity index (χ1n) is 7.08. The van der Waals surface area contributed by atoms with Crippen LogP contribution in [0, 0.1) is 11.3 Å². The van der Waals surface area contributed by atoms with Gasteiger partial charge in [-0.25, -0.2) is 0 Å². The summed E-state index contributed by atoms with van der Waals surface area (Å²) in [4.78, 5) is 0. The number of benzene rings is 1. The van der Waals surface area contributed by atoms with Gasteiger partial charge in [0.05, 0.1) is 0 Å². The first-order valence-corrected chi connectivity index (χ1v) is 7.08. The van der Waals surface area contributed by atoms with Gasteiger partial charge in [0.1, 0.15) is 0 Å². The van der Waals surface area contributed by atoms with Gasteiger partial charge in [-0.3, -0.25) is 0 Å². The summed E-state index contributed by atoms with van der Waals surface area (Å²) in [5, 5.41) is 3.32. The first-order chi connectivity index (χ1) is 8.34. The minimum absolute atomic E-state index is 0.347. The van der Waals surface area contributed by atoms with Crippen LogP contribution < -0.4 is 5.32 Å². The van der Waals surface area contributed by atoms with E-state index in [-0.39, 0.29) is 0 Å². The summed E-state index contributed by atoms with van der Waals surface area (Å²) in [5.74, 6) is 1.29. The topological polar surface area (TPSA) is 12.0 Å². The molecule has 1 nitrogen and oxygen atoms in total. The Morgan fingerprint density at radius 3 is 2.00 bits per heavy atom. The third kappa shape index (κ3) is 4.45. The highest BCUT2D eigenvalue weighted by atomic mass is 14.8. The van der Waals surface area contributed by atoms with Gasteiger partial charge in [-0.1, -0.05) is 58.9 Å². The van der Waals surface area contributed by atoms with E-state index in [2.05, 4.69) is 64.2 Å². The average molecular weight is 247 g/mol. The summed E-state index contributed by atoms with van der Waals surface area (Å²) in [6.45, 7) is 12.6. The quantitative estimate of drug-likeness (QED) is 0.821. The molecule has 1 unspecified atom stereocenters. The van der Waals surface area contributed by atoms with Gasteiger partial charge in [-0.05, 0) is 48.4 Å². The maximum atomic E-state index is 3.32. The van der Waals surface area contributed by atoms with Crippen molar-refractivity contribution in [1.82, 2.24) is 5.32 Å². The average Bonchev–Trinajstić information content (AvgIpc) is 2.28. The molecule has 1 rings (SSSR count). The zero-order valence-electron chi connectivity index (χ0n) is 12.9. The predicted octanol–water partition coefficient (Wildman–Crippen LogP) is 4.23. The van der Waals surface area contributed by atoms with Crippen molar-refractivity contribution in [2.45, 2.75) is 47.0 Å². The molecule has 0 aliphatic rings. The number of nitrogens with one attached hydrogen (secondary N) is 1. The summed E-state index contributed by atoms with van der Waals surface area (Å²) in [7, 11) is 2.04. The lowest BCUT2D eigenvalue weighted by atomic mass is 9.77. The fraction of sp³-hybridized carbons (Fsp3) is 0.647. The van der Waals surface area contributed by atoms with Crippen LogP contribution in [0.2, 0.25) is 0 Å². The normalized spacial score (nSPS) is 13.9. The number of rotatable bonds is 5. The van der Waals surface area contributed by atoms with E-state index in [0.29, 0.717) is 17.3 Å². The summed E-state index contributed by atoms with van der Waals surface area (Å²) in [6, 6.07) is 9.14. The molecule has 1 N–H and O–H groups in total. The molecule has 0 aliphatic carbocycles. The summed E-state index contributed by atoms with van der Waals surface area (Å²) < 4.78 is 0. The fourth-order valence-electron chi connectivity index (χ4n) is 2.25. The summed E-state index contributed by atoms with van der Waals surface area (Å²) >= 11 is 0. The van der Waals surface area contributed by atoms with Crippen LogP contribution in [0.5, 0.6) is 0 Å². The molecule has 18 heavy (non-hydrogen) atoms. The molecule has 0 bridgehead atoms. The maximum Gasteiger partial charge on any atom is -0.00153 e. The van der Waals surface area contributed by atoms with Crippen LogP contribution in [-0.4, -0.2) is 13.6 Å². The SMILES string of the molecule is CNCC(Cc1ccc(C(C)C)cc1)C(C)(C)C. The van der Waals surface area contributed by atoms with Crippen molar-refractivity contribution >= 4 is 0 Å². The zero-order chi connectivity index (χ0) is 13.8. The van der Waals surface area contributed by atoms with E-state index >= 15 is 0 Å². The Kier molecular flexibility index (Phi) is 5.40. The fourth-order valence-corrected chi connectivity index (χ4v) is 2.25. The Balaban J connectivity index is 2.75. The Bertz CT molecular complexity index is 343. The molecule has 0 aliphatic heterocycles. The van der Waals surface area contributed by atoms with Crippen LogP contribution in [0.4, 0.5) is 0 Å². The molecule has 1 aromatic rings. The molecule has 102 valence electrons. The van der Waals surface area contributed by atoms with E-state index in [1.54, 1.807) is 0 Å². The summed E-state index contributed by atoms with van der Waals surface area (Å²) in [6.07, 6.45) is 1.16. The van der Waals surface area contributed by atoms with Crippen molar-refractivity contribution < 1.29 is 0 Å². The van der Waals surface area contributed by atoms with Gasteiger partial charge in [-0.2, -0.15) is 0 Å². The van der Waals surface area contributed by atoms with Gasteiger partial charge >= 0.3 is 0 Å². The minimum Gasteiger partial charge on any atom is -0.319 e. The molecule has 0 saturated heterocycles. The van der Waals surface area contributed by atoms with E-state index in [9.17, 15) is 0 Å². The molecule has 0 amide bonds. The zero-order valence-corrected chi connectivity index (χ0v) is 12.9. The van der Waals surface area contributed by atoms with Gasteiger partial charge < -0.3 is 5.32 Å². The molecule has 0 heterocycles. The lowest BCUT2D eigenvalue weighted by molar-refractivity contribution is 0.235. The van der Waals surface area contributed by atoms with Crippen molar-refractivity contribution in [2.75, 3.05) is 13.6 Å². The minimum atomic E-state index is 0.347. The second-order valence-electron chi connectivity index (χ2n) is 6.72. The van der Waals surface area contributed by atoms with E-state index in [1.807, 2.05) is 7.05 Å². The highest BCUT2D eigenvalue weighted by Gasteiger charge is 2.23. The lowest BCUT2D eigenvalue weighted by Crippen LogP contribution is -2.31. The standard InChI is InChI=1S/C17H29N/c1-13(2)15-9-7-14(8-10-15)11-16(12-18-6)17(3,4)5/h7-10,13,16,18H,11-12H2,1-6H3. The smallest absolute Gasteiger partial charge is 0.00153 e. The molecule has 0 spiro atoms. The van der Waals surface area contributed by atoms with Gasteiger partial charge in [0, 0.05) is 0 Å². The highest BCUT2D eigenvalue weighted by Crippen LogP contribution is 2.29. The van der Waals surface area contributed by atoms with E-state index < -0.39 is 0 Å². The van der Waals surface area contributed by atoms with Crippen molar-refractivity contribution in [3.8, 4) is 0 Å². The Morgan fingerprint density at radius 1 is 1.06 bits per heavy atom. The molecule has 1 aromatic carbocycles. The third-order valence-corrected chi connectivity index (χ3v) is 3.80. The Hall–Kier alpha value is -0.820. The van der Waals surface area contributed by atoms with Gasteiger partial charge in [0.25, 0.3) is 0 Å². The second kappa shape index (κ2) is 6.38. The molecule has 0 aromatic heterocycles.